The van der Waals surface area contributed by atoms with Crippen LogP contribution in [0.15, 0.2) is 24.3 Å². The number of carboxylic acid groups (broad SMARTS) is 1. The van der Waals surface area contributed by atoms with Gasteiger partial charge in [0.2, 0.25) is 0 Å². The van der Waals surface area contributed by atoms with Crippen LogP contribution in [-0.2, 0) is 34.4 Å². The van der Waals surface area contributed by atoms with Crippen LogP contribution < -0.4 is 5.30 Å². The Morgan fingerprint density at radius 3 is 1.64 bits per heavy atom. The van der Waals surface area contributed by atoms with Crippen molar-refractivity contribution in [2.24, 2.45) is 0 Å². The maximum atomic E-state index is 14.0. The molecule has 0 fully saturated rings. The molecule has 2 N–H and O–H groups in total. The zero-order valence-corrected chi connectivity index (χ0v) is 36.6. The largest absolute Gasteiger partial charge is 0.480 e. The smallest absolute Gasteiger partial charge is 0.361 e. The molecule has 0 aliphatic heterocycles. The van der Waals surface area contributed by atoms with Crippen LogP contribution in [0, 0.1) is 0 Å². The van der Waals surface area contributed by atoms with Crippen molar-refractivity contribution < 1.29 is 42.6 Å². The quantitative estimate of drug-likeness (QED) is 0.0334. The number of carboxylic acids is 1. The molecule has 0 amide bonds. The highest BCUT2D eigenvalue weighted by atomic mass is 31.2. The molecule has 13 heteroatoms. The number of benzene rings is 1. The van der Waals surface area contributed by atoms with Gasteiger partial charge in [-0.3, -0.25) is 23.6 Å². The molecule has 0 saturated heterocycles. The molecular formula is C42H80N4O8P+. The average molecular weight is 800 g/mol. The summed E-state index contributed by atoms with van der Waals surface area (Å²) in [5.74, 6) is -1.45. The van der Waals surface area contributed by atoms with Gasteiger partial charge in [-0.25, -0.2) is 0 Å². The van der Waals surface area contributed by atoms with Gasteiger partial charge in [-0.2, -0.15) is 0 Å². The van der Waals surface area contributed by atoms with E-state index < -0.39 is 19.5 Å². The van der Waals surface area contributed by atoms with Crippen LogP contribution in [0.2, 0.25) is 0 Å². The minimum absolute atomic E-state index is 0.0904. The van der Waals surface area contributed by atoms with Gasteiger partial charge < -0.3 is 33.8 Å². The summed E-state index contributed by atoms with van der Waals surface area (Å²) in [7, 11) is 8.67. The molecule has 0 heterocycles. The highest BCUT2D eigenvalue weighted by Gasteiger charge is 2.28. The first-order chi connectivity index (χ1) is 26.2. The molecule has 320 valence electrons. The van der Waals surface area contributed by atoms with E-state index in [1.54, 1.807) is 17.0 Å². The molecule has 12 nitrogen and oxygen atoms in total. The summed E-state index contributed by atoms with van der Waals surface area (Å²) in [5.41, 5.74) is 0.917. The summed E-state index contributed by atoms with van der Waals surface area (Å²) >= 11 is 0. The third-order valence-corrected chi connectivity index (χ3v) is 11.7. The Labute approximate surface area is 335 Å². The molecule has 0 aromatic heterocycles. The van der Waals surface area contributed by atoms with Gasteiger partial charge in [0, 0.05) is 39.2 Å². The third kappa shape index (κ3) is 29.1. The molecule has 0 radical (unpaired) electrons. The Bertz CT molecular complexity index is 1170. The van der Waals surface area contributed by atoms with Gasteiger partial charge in [-0.1, -0.05) is 102 Å². The lowest BCUT2D eigenvalue weighted by molar-refractivity contribution is -0.870. The predicted molar refractivity (Wildman–Crippen MR) is 224 cm³/mol. The maximum absolute atomic E-state index is 14.0. The van der Waals surface area contributed by atoms with Crippen LogP contribution in [0.3, 0.4) is 0 Å². The van der Waals surface area contributed by atoms with E-state index >= 15 is 0 Å². The number of ether oxygens (including phenoxy) is 1. The monoisotopic (exact) mass is 800 g/mol. The summed E-state index contributed by atoms with van der Waals surface area (Å²) in [4.78, 5) is 29.8. The minimum atomic E-state index is -3.53. The lowest BCUT2D eigenvalue weighted by atomic mass is 10.0. The van der Waals surface area contributed by atoms with Crippen LogP contribution in [-0.4, -0.2) is 156 Å². The molecule has 55 heavy (non-hydrogen) atoms. The van der Waals surface area contributed by atoms with Crippen molar-refractivity contribution >= 4 is 24.8 Å². The van der Waals surface area contributed by atoms with E-state index in [4.69, 9.17) is 18.9 Å². The van der Waals surface area contributed by atoms with Gasteiger partial charge in [0.25, 0.3) is 0 Å². The SMILES string of the molecule is CN(C)CCN(C)CCN(CC(=O)O)CC(=O)OCCc1ccc(P(=O)(OCCCCCCCCCCCCCCCCCCO)OCC[N+](C)(C)C)cc1. The fraction of sp³-hybridized carbons (Fsp3) is 0.810. The molecule has 0 aliphatic rings. The molecule has 0 saturated carbocycles. The number of rotatable bonds is 37. The maximum Gasteiger partial charge on any atom is 0.361 e. The Kier molecular flexibility index (Phi) is 29.0. The minimum Gasteiger partial charge on any atom is -0.480 e. The second-order valence-corrected chi connectivity index (χ2v) is 18.4. The summed E-state index contributed by atoms with van der Waals surface area (Å²) in [6.07, 6.45) is 20.0. The van der Waals surface area contributed by atoms with Crippen molar-refractivity contribution in [3.63, 3.8) is 0 Å². The van der Waals surface area contributed by atoms with Gasteiger partial charge in [0.1, 0.15) is 13.2 Å². The first-order valence-corrected chi connectivity index (χ1v) is 22.6. The molecule has 1 aromatic rings. The number of aliphatic hydroxyl groups is 1. The molecule has 0 aliphatic carbocycles. The summed E-state index contributed by atoms with van der Waals surface area (Å²) < 4.78 is 32.2. The number of likely N-dealkylation sites (N-methyl/N-ethyl adjacent to an activating group) is 3. The van der Waals surface area contributed by atoms with Gasteiger partial charge >= 0.3 is 19.5 Å². The van der Waals surface area contributed by atoms with Gasteiger partial charge in [0.15, 0.2) is 0 Å². The normalized spacial score (nSPS) is 13.2. The summed E-state index contributed by atoms with van der Waals surface area (Å²) in [6.45, 7) is 4.38. The Morgan fingerprint density at radius 1 is 0.655 bits per heavy atom. The number of nitrogens with zero attached hydrogens (tertiary/aromatic N) is 4. The molecule has 1 rings (SSSR count). The zero-order valence-electron chi connectivity index (χ0n) is 35.7. The van der Waals surface area contributed by atoms with E-state index in [0.717, 1.165) is 50.8 Å². The topological polar surface area (TPSA) is 129 Å². The van der Waals surface area contributed by atoms with Crippen LogP contribution in [0.1, 0.15) is 108 Å². The van der Waals surface area contributed by atoms with E-state index in [1.165, 1.54) is 70.6 Å². The van der Waals surface area contributed by atoms with Crippen molar-refractivity contribution in [3.8, 4) is 0 Å². The van der Waals surface area contributed by atoms with Crippen molar-refractivity contribution in [2.75, 3.05) is 115 Å². The lowest BCUT2D eigenvalue weighted by Crippen LogP contribution is -2.41. The average Bonchev–Trinajstić information content (AvgIpc) is 3.12. The van der Waals surface area contributed by atoms with E-state index in [0.29, 0.717) is 55.7 Å². The fourth-order valence-corrected chi connectivity index (χ4v) is 7.63. The molecule has 1 aromatic carbocycles. The predicted octanol–water partition coefficient (Wildman–Crippen LogP) is 6.44. The zero-order chi connectivity index (χ0) is 40.8. The third-order valence-electron chi connectivity index (χ3n) is 9.68. The number of carbonyl (C=O) groups is 2. The van der Waals surface area contributed by atoms with E-state index in [1.807, 2.05) is 33.3 Å². The number of aliphatic hydroxyl groups excluding tert-OH is 1. The standard InChI is InChI=1S/C42H79N4O8P/c1-43(2)28-29-44(3)30-31-45(37-41(48)49)38-42(50)52-35-27-39-23-25-40(26-24-39)55(51,54-36-32-46(4,5)6)53-34-22-20-18-16-14-12-10-8-7-9-11-13-15-17-19-21-33-47/h23-26,47H,7-22,27-38H2,1-6H3/p+1. The van der Waals surface area contributed by atoms with Crippen molar-refractivity contribution in [3.05, 3.63) is 29.8 Å². The Hall–Kier alpha value is -1.89. The molecule has 1 atom stereocenters. The number of hydrogen-bond donors (Lipinski definition) is 2. The Morgan fingerprint density at radius 2 is 1.15 bits per heavy atom. The number of hydrogen-bond acceptors (Lipinski definition) is 10. The second kappa shape index (κ2) is 31.1. The van der Waals surface area contributed by atoms with Crippen LogP contribution in [0.5, 0.6) is 0 Å². The summed E-state index contributed by atoms with van der Waals surface area (Å²) in [5, 5.41) is 18.7. The highest BCUT2D eigenvalue weighted by molar-refractivity contribution is 7.62. The van der Waals surface area contributed by atoms with Crippen molar-refractivity contribution in [1.29, 1.82) is 0 Å². The number of esters is 1. The van der Waals surface area contributed by atoms with Crippen LogP contribution >= 0.6 is 7.60 Å². The van der Waals surface area contributed by atoms with Crippen molar-refractivity contribution in [1.82, 2.24) is 14.7 Å². The highest BCUT2D eigenvalue weighted by Crippen LogP contribution is 2.47. The van der Waals surface area contributed by atoms with Crippen molar-refractivity contribution in [2.45, 2.75) is 109 Å². The number of quaternary nitrogens is 1. The first-order valence-electron chi connectivity index (χ1n) is 21.1. The first kappa shape index (κ1) is 51.1. The molecule has 0 spiro atoms. The number of unbranched alkanes of at least 4 members (excludes halogenated alkanes) is 15. The van der Waals surface area contributed by atoms with Crippen LogP contribution in [0.25, 0.3) is 0 Å². The molecule has 1 unspecified atom stereocenters. The van der Waals surface area contributed by atoms with E-state index in [-0.39, 0.29) is 19.7 Å². The van der Waals surface area contributed by atoms with Gasteiger partial charge in [0.05, 0.1) is 52.8 Å². The summed E-state index contributed by atoms with van der Waals surface area (Å²) in [6, 6.07) is 7.30. The molecular weight excluding hydrogens is 719 g/mol. The van der Waals surface area contributed by atoms with Gasteiger partial charge in [-0.05, 0) is 51.7 Å². The molecule has 0 bridgehead atoms. The van der Waals surface area contributed by atoms with Crippen LogP contribution in [0.4, 0.5) is 0 Å². The number of carbonyl (C=O) groups excluding carboxylic acids is 1. The Balaban J connectivity index is 2.45. The van der Waals surface area contributed by atoms with Gasteiger partial charge in [-0.15, -0.1) is 0 Å². The fourth-order valence-electron chi connectivity index (χ4n) is 6.05. The second-order valence-electron chi connectivity index (χ2n) is 16.4. The van der Waals surface area contributed by atoms with E-state index in [9.17, 15) is 19.3 Å². The van der Waals surface area contributed by atoms with E-state index in [2.05, 4.69) is 30.9 Å². The number of aliphatic carboxylic acids is 1. The lowest BCUT2D eigenvalue weighted by Gasteiger charge is -2.25.